The Hall–Kier alpha value is -2.73. The van der Waals surface area contributed by atoms with Gasteiger partial charge in [0.1, 0.15) is 5.54 Å². The Morgan fingerprint density at radius 1 is 1.30 bits per heavy atom. The molecule has 0 atom stereocenters. The van der Waals surface area contributed by atoms with Gasteiger partial charge in [0, 0.05) is 49.0 Å². The average Bonchev–Trinajstić information content (AvgIpc) is 2.67. The summed E-state index contributed by atoms with van der Waals surface area (Å²) in [5, 5.41) is 3.08. The minimum absolute atomic E-state index is 0.00822. The van der Waals surface area contributed by atoms with Gasteiger partial charge in [-0.3, -0.25) is 14.6 Å². The number of benzene rings is 1. The summed E-state index contributed by atoms with van der Waals surface area (Å²) in [4.78, 5) is 30.4. The smallest absolute Gasteiger partial charge is 0.227 e. The van der Waals surface area contributed by atoms with Crippen molar-refractivity contribution in [2.24, 2.45) is 0 Å². The molecule has 0 bridgehead atoms. The number of hydrogen-bond donors (Lipinski definition) is 1. The maximum atomic E-state index is 12.2. The van der Waals surface area contributed by atoms with Crippen molar-refractivity contribution in [3.63, 3.8) is 0 Å². The Balaban J connectivity index is 1.76. The van der Waals surface area contributed by atoms with Crippen molar-refractivity contribution in [1.82, 2.24) is 10.3 Å². The van der Waals surface area contributed by atoms with E-state index in [1.165, 1.54) is 5.56 Å². The van der Waals surface area contributed by atoms with Crippen molar-refractivity contribution in [1.29, 1.82) is 0 Å². The molecule has 1 aromatic carbocycles. The minimum atomic E-state index is -0.521. The SMILES string of the molecule is CCC(=O)NC1(c2cncc(-c3cccc4c3N(C)C(=O)CC4)c2)COC1. The summed E-state index contributed by atoms with van der Waals surface area (Å²) in [6, 6.07) is 8.16. The fourth-order valence-corrected chi connectivity index (χ4v) is 3.78. The van der Waals surface area contributed by atoms with Crippen molar-refractivity contribution in [2.45, 2.75) is 31.7 Å². The van der Waals surface area contributed by atoms with E-state index in [0.717, 1.165) is 28.8 Å². The lowest BCUT2D eigenvalue weighted by molar-refractivity contribution is -0.133. The van der Waals surface area contributed by atoms with Gasteiger partial charge in [0.15, 0.2) is 0 Å². The van der Waals surface area contributed by atoms with Gasteiger partial charge in [-0.2, -0.15) is 0 Å². The first-order valence-electron chi connectivity index (χ1n) is 9.27. The van der Waals surface area contributed by atoms with E-state index in [9.17, 15) is 9.59 Å². The standard InChI is InChI=1S/C21H23N3O3/c1-3-18(25)23-21(12-27-13-21)16-9-15(10-22-11-16)17-6-4-5-14-7-8-19(26)24(2)20(14)17/h4-6,9-11H,3,7-8,12-13H2,1-2H3,(H,23,25). The Kier molecular flexibility index (Phi) is 4.44. The van der Waals surface area contributed by atoms with Crippen LogP contribution in [0.5, 0.6) is 0 Å². The average molecular weight is 365 g/mol. The van der Waals surface area contributed by atoms with Gasteiger partial charge < -0.3 is 15.0 Å². The number of anilines is 1. The first kappa shape index (κ1) is 17.7. The van der Waals surface area contributed by atoms with Gasteiger partial charge in [0.25, 0.3) is 0 Å². The topological polar surface area (TPSA) is 71.5 Å². The van der Waals surface area contributed by atoms with E-state index in [-0.39, 0.29) is 11.8 Å². The van der Waals surface area contributed by atoms with Crippen LogP contribution in [0.15, 0.2) is 36.7 Å². The number of fused-ring (bicyclic) bond motifs is 1. The number of carbonyl (C=O) groups is 2. The molecule has 0 saturated carbocycles. The molecule has 1 fully saturated rings. The summed E-state index contributed by atoms with van der Waals surface area (Å²) >= 11 is 0. The number of nitrogens with zero attached hydrogens (tertiary/aromatic N) is 2. The molecule has 0 unspecified atom stereocenters. The number of aryl methyl sites for hydroxylation is 1. The first-order valence-corrected chi connectivity index (χ1v) is 9.27. The lowest BCUT2D eigenvalue weighted by Gasteiger charge is -2.42. The van der Waals surface area contributed by atoms with E-state index in [4.69, 9.17) is 4.74 Å². The number of hydrogen-bond acceptors (Lipinski definition) is 4. The number of ether oxygens (including phenoxy) is 1. The van der Waals surface area contributed by atoms with Crippen molar-refractivity contribution < 1.29 is 14.3 Å². The largest absolute Gasteiger partial charge is 0.376 e. The summed E-state index contributed by atoms with van der Waals surface area (Å²) in [6.07, 6.45) is 5.31. The van der Waals surface area contributed by atoms with Gasteiger partial charge in [-0.1, -0.05) is 25.1 Å². The maximum absolute atomic E-state index is 12.2. The highest BCUT2D eigenvalue weighted by atomic mass is 16.5. The molecular weight excluding hydrogens is 342 g/mol. The van der Waals surface area contributed by atoms with Crippen LogP contribution in [0.25, 0.3) is 11.1 Å². The predicted octanol–water partition coefficient (Wildman–Crippen LogP) is 2.41. The van der Waals surface area contributed by atoms with Crippen LogP contribution < -0.4 is 10.2 Å². The van der Waals surface area contributed by atoms with Crippen molar-refractivity contribution in [2.75, 3.05) is 25.2 Å². The number of nitrogens with one attached hydrogen (secondary N) is 1. The molecule has 6 nitrogen and oxygen atoms in total. The lowest BCUT2D eigenvalue weighted by Crippen LogP contribution is -2.59. The van der Waals surface area contributed by atoms with Crippen molar-refractivity contribution in [3.05, 3.63) is 47.8 Å². The number of amides is 2. The van der Waals surface area contributed by atoms with E-state index in [1.54, 1.807) is 17.3 Å². The fourth-order valence-electron chi connectivity index (χ4n) is 3.78. The summed E-state index contributed by atoms with van der Waals surface area (Å²) in [7, 11) is 1.82. The molecule has 2 aliphatic rings. The van der Waals surface area contributed by atoms with E-state index >= 15 is 0 Å². The van der Waals surface area contributed by atoms with Crippen LogP contribution in [-0.4, -0.2) is 37.1 Å². The van der Waals surface area contributed by atoms with Crippen molar-refractivity contribution >= 4 is 17.5 Å². The molecule has 1 aromatic heterocycles. The Labute approximate surface area is 158 Å². The molecule has 0 spiro atoms. The van der Waals surface area contributed by atoms with Crippen LogP contribution in [0.1, 0.15) is 30.9 Å². The molecule has 0 aliphatic carbocycles. The number of para-hydroxylation sites is 1. The highest BCUT2D eigenvalue weighted by Crippen LogP contribution is 2.38. The minimum Gasteiger partial charge on any atom is -0.376 e. The second kappa shape index (κ2) is 6.78. The summed E-state index contributed by atoms with van der Waals surface area (Å²) < 4.78 is 5.41. The molecule has 3 heterocycles. The van der Waals surface area contributed by atoms with Crippen LogP contribution >= 0.6 is 0 Å². The number of aromatic nitrogens is 1. The molecule has 6 heteroatoms. The Morgan fingerprint density at radius 3 is 2.81 bits per heavy atom. The normalized spacial score (nSPS) is 17.9. The molecule has 1 saturated heterocycles. The molecule has 140 valence electrons. The van der Waals surface area contributed by atoms with Crippen LogP contribution in [0.2, 0.25) is 0 Å². The Morgan fingerprint density at radius 2 is 2.11 bits per heavy atom. The molecular formula is C21H23N3O3. The third-order valence-electron chi connectivity index (χ3n) is 5.44. The number of rotatable bonds is 4. The van der Waals surface area contributed by atoms with Crippen LogP contribution in [0, 0.1) is 0 Å². The molecule has 4 rings (SSSR count). The van der Waals surface area contributed by atoms with E-state index in [0.29, 0.717) is 26.1 Å². The summed E-state index contributed by atoms with van der Waals surface area (Å²) in [5.41, 5.74) is 4.44. The second-order valence-corrected chi connectivity index (χ2v) is 7.20. The van der Waals surface area contributed by atoms with Gasteiger partial charge in [-0.05, 0) is 18.1 Å². The number of pyridine rings is 1. The van der Waals surface area contributed by atoms with Crippen LogP contribution in [-0.2, 0) is 26.3 Å². The van der Waals surface area contributed by atoms with Crippen molar-refractivity contribution in [3.8, 4) is 11.1 Å². The van der Waals surface area contributed by atoms with Gasteiger partial charge >= 0.3 is 0 Å². The number of carbonyl (C=O) groups excluding carboxylic acids is 2. The molecule has 2 aromatic rings. The highest BCUT2D eigenvalue weighted by Gasteiger charge is 2.42. The molecule has 0 radical (unpaired) electrons. The van der Waals surface area contributed by atoms with Crippen LogP contribution in [0.4, 0.5) is 5.69 Å². The summed E-state index contributed by atoms with van der Waals surface area (Å²) in [6.45, 7) is 2.71. The maximum Gasteiger partial charge on any atom is 0.227 e. The lowest BCUT2D eigenvalue weighted by atomic mass is 9.86. The predicted molar refractivity (Wildman–Crippen MR) is 102 cm³/mol. The van der Waals surface area contributed by atoms with E-state index in [1.807, 2.05) is 32.2 Å². The van der Waals surface area contributed by atoms with Gasteiger partial charge in [-0.15, -0.1) is 0 Å². The second-order valence-electron chi connectivity index (χ2n) is 7.20. The first-order chi connectivity index (χ1) is 13.0. The zero-order valence-corrected chi connectivity index (χ0v) is 15.6. The third-order valence-corrected chi connectivity index (χ3v) is 5.44. The fraction of sp³-hybridized carbons (Fsp3) is 0.381. The van der Waals surface area contributed by atoms with E-state index in [2.05, 4.69) is 16.4 Å². The zero-order valence-electron chi connectivity index (χ0n) is 15.6. The Bertz CT molecular complexity index is 905. The van der Waals surface area contributed by atoms with Gasteiger partial charge in [-0.25, -0.2) is 0 Å². The molecule has 1 N–H and O–H groups in total. The monoisotopic (exact) mass is 365 g/mol. The summed E-state index contributed by atoms with van der Waals surface area (Å²) in [5.74, 6) is 0.115. The van der Waals surface area contributed by atoms with E-state index < -0.39 is 5.54 Å². The molecule has 2 amide bonds. The molecule has 27 heavy (non-hydrogen) atoms. The molecule has 2 aliphatic heterocycles. The zero-order chi connectivity index (χ0) is 19.0. The van der Waals surface area contributed by atoms with Gasteiger partial charge in [0.2, 0.25) is 11.8 Å². The third kappa shape index (κ3) is 3.00. The van der Waals surface area contributed by atoms with Crippen LogP contribution in [0.3, 0.4) is 0 Å². The van der Waals surface area contributed by atoms with Gasteiger partial charge in [0.05, 0.1) is 18.9 Å². The quantitative estimate of drug-likeness (QED) is 0.903. The highest BCUT2D eigenvalue weighted by molar-refractivity contribution is 6.00.